The first-order valence-corrected chi connectivity index (χ1v) is 5.81. The van der Waals surface area contributed by atoms with E-state index in [0.29, 0.717) is 6.61 Å². The van der Waals surface area contributed by atoms with E-state index >= 15 is 0 Å². The molecule has 0 saturated heterocycles. The van der Waals surface area contributed by atoms with Crippen LogP contribution in [0.1, 0.15) is 39.5 Å². The fourth-order valence-corrected chi connectivity index (χ4v) is 2.00. The third-order valence-electron chi connectivity index (χ3n) is 2.85. The highest BCUT2D eigenvalue weighted by atomic mass is 35.5. The Bertz CT molecular complexity index is 214. The maximum Gasteiger partial charge on any atom is 0.249 e. The maximum atomic E-state index is 11.6. The summed E-state index contributed by atoms with van der Waals surface area (Å²) in [6.45, 7) is 4.24. The molecule has 1 saturated carbocycles. The van der Waals surface area contributed by atoms with Crippen LogP contribution in [0.2, 0.25) is 0 Å². The summed E-state index contributed by atoms with van der Waals surface area (Å²) >= 11 is 0. The predicted octanol–water partition coefficient (Wildman–Crippen LogP) is 1.22. The number of halogens is 1. The Hall–Kier alpha value is -0.320. The number of nitrogens with two attached hydrogens (primary N) is 1. The lowest BCUT2D eigenvalue weighted by atomic mass is 9.91. The molecule has 3 unspecified atom stereocenters. The number of hydrogen-bond acceptors (Lipinski definition) is 3. The molecule has 0 radical (unpaired) electrons. The largest absolute Gasteiger partial charge is 0.369 e. The lowest BCUT2D eigenvalue weighted by Gasteiger charge is -2.28. The Labute approximate surface area is 104 Å². The number of ether oxygens (including phenoxy) is 1. The van der Waals surface area contributed by atoms with Crippen molar-refractivity contribution in [3.8, 4) is 0 Å². The van der Waals surface area contributed by atoms with Gasteiger partial charge >= 0.3 is 0 Å². The zero-order valence-electron chi connectivity index (χ0n) is 10.1. The first-order chi connectivity index (χ1) is 7.13. The van der Waals surface area contributed by atoms with Gasteiger partial charge in [0.2, 0.25) is 5.91 Å². The molecule has 1 aliphatic carbocycles. The second kappa shape index (κ2) is 7.87. The molecule has 5 heteroatoms. The molecule has 3 N–H and O–H groups in total. The van der Waals surface area contributed by atoms with Crippen molar-refractivity contribution in [2.75, 3.05) is 6.61 Å². The second-order valence-electron chi connectivity index (χ2n) is 4.23. The van der Waals surface area contributed by atoms with Crippen molar-refractivity contribution in [2.45, 2.75) is 57.7 Å². The molecule has 0 aromatic rings. The third kappa shape index (κ3) is 5.14. The minimum atomic E-state index is -0.354. The SMILES string of the molecule is CCOC(C)C(=O)NC1CCCC(N)C1.Cl. The van der Waals surface area contributed by atoms with E-state index in [0.717, 1.165) is 25.7 Å². The average molecular weight is 251 g/mol. The minimum Gasteiger partial charge on any atom is -0.369 e. The molecule has 96 valence electrons. The predicted molar refractivity (Wildman–Crippen MR) is 66.7 cm³/mol. The van der Waals surface area contributed by atoms with Gasteiger partial charge in [0.1, 0.15) is 6.10 Å². The minimum absolute atomic E-state index is 0. The van der Waals surface area contributed by atoms with E-state index in [1.54, 1.807) is 6.92 Å². The molecular formula is C11H23ClN2O2. The van der Waals surface area contributed by atoms with Crippen LogP contribution in [0.25, 0.3) is 0 Å². The van der Waals surface area contributed by atoms with Crippen LogP contribution in [0.3, 0.4) is 0 Å². The molecule has 0 heterocycles. The summed E-state index contributed by atoms with van der Waals surface area (Å²) in [5.41, 5.74) is 5.85. The summed E-state index contributed by atoms with van der Waals surface area (Å²) in [4.78, 5) is 11.6. The molecule has 0 aromatic carbocycles. The van der Waals surface area contributed by atoms with Gasteiger partial charge in [0, 0.05) is 18.7 Å². The molecule has 0 aromatic heterocycles. The van der Waals surface area contributed by atoms with Crippen LogP contribution in [0.15, 0.2) is 0 Å². The topological polar surface area (TPSA) is 64.3 Å². The van der Waals surface area contributed by atoms with Crippen molar-refractivity contribution >= 4 is 18.3 Å². The summed E-state index contributed by atoms with van der Waals surface area (Å²) < 4.78 is 5.23. The van der Waals surface area contributed by atoms with Crippen LogP contribution in [0, 0.1) is 0 Å². The molecule has 16 heavy (non-hydrogen) atoms. The summed E-state index contributed by atoms with van der Waals surface area (Å²) in [6, 6.07) is 0.482. The lowest BCUT2D eigenvalue weighted by Crippen LogP contribution is -2.45. The fourth-order valence-electron chi connectivity index (χ4n) is 2.00. The molecule has 1 rings (SSSR count). The zero-order chi connectivity index (χ0) is 11.3. The number of rotatable bonds is 4. The Kier molecular flexibility index (Phi) is 7.72. The Morgan fingerprint density at radius 3 is 2.81 bits per heavy atom. The van der Waals surface area contributed by atoms with Crippen LogP contribution in [-0.2, 0) is 9.53 Å². The van der Waals surface area contributed by atoms with E-state index in [4.69, 9.17) is 10.5 Å². The van der Waals surface area contributed by atoms with Crippen LogP contribution in [0.4, 0.5) is 0 Å². The van der Waals surface area contributed by atoms with Crippen LogP contribution in [-0.4, -0.2) is 30.7 Å². The van der Waals surface area contributed by atoms with Gasteiger partial charge in [0.25, 0.3) is 0 Å². The van der Waals surface area contributed by atoms with Gasteiger partial charge in [-0.15, -0.1) is 12.4 Å². The molecule has 1 amide bonds. The number of nitrogens with one attached hydrogen (secondary N) is 1. The number of hydrogen-bond donors (Lipinski definition) is 2. The van der Waals surface area contributed by atoms with E-state index in [2.05, 4.69) is 5.32 Å². The summed E-state index contributed by atoms with van der Waals surface area (Å²) in [5.74, 6) is -0.0176. The van der Waals surface area contributed by atoms with Gasteiger partial charge in [-0.25, -0.2) is 0 Å². The first-order valence-electron chi connectivity index (χ1n) is 5.81. The number of carbonyl (C=O) groups is 1. The molecule has 1 aliphatic rings. The highest BCUT2D eigenvalue weighted by Crippen LogP contribution is 2.16. The molecule has 0 bridgehead atoms. The van der Waals surface area contributed by atoms with Crippen LogP contribution >= 0.6 is 12.4 Å². The van der Waals surface area contributed by atoms with Crippen molar-refractivity contribution in [3.05, 3.63) is 0 Å². The summed E-state index contributed by atoms with van der Waals surface area (Å²) in [5, 5.41) is 2.99. The van der Waals surface area contributed by atoms with Crippen molar-refractivity contribution in [2.24, 2.45) is 5.73 Å². The first kappa shape index (κ1) is 15.7. The van der Waals surface area contributed by atoms with Gasteiger partial charge in [0.05, 0.1) is 0 Å². The molecule has 0 aliphatic heterocycles. The highest BCUT2D eigenvalue weighted by molar-refractivity contribution is 5.85. The number of carbonyl (C=O) groups excluding carboxylic acids is 1. The summed E-state index contributed by atoms with van der Waals surface area (Å²) in [7, 11) is 0. The van der Waals surface area contributed by atoms with Gasteiger partial charge < -0.3 is 15.8 Å². The van der Waals surface area contributed by atoms with Gasteiger partial charge in [-0.1, -0.05) is 0 Å². The van der Waals surface area contributed by atoms with Gasteiger partial charge in [-0.05, 0) is 39.5 Å². The quantitative estimate of drug-likeness (QED) is 0.789. The zero-order valence-corrected chi connectivity index (χ0v) is 10.9. The Morgan fingerprint density at radius 2 is 2.25 bits per heavy atom. The van der Waals surface area contributed by atoms with Crippen molar-refractivity contribution in [1.29, 1.82) is 0 Å². The monoisotopic (exact) mass is 250 g/mol. The van der Waals surface area contributed by atoms with Crippen LogP contribution in [0.5, 0.6) is 0 Å². The number of amides is 1. The molecule has 3 atom stereocenters. The lowest BCUT2D eigenvalue weighted by molar-refractivity contribution is -0.132. The second-order valence-corrected chi connectivity index (χ2v) is 4.23. The van der Waals surface area contributed by atoms with E-state index < -0.39 is 0 Å². The highest BCUT2D eigenvalue weighted by Gasteiger charge is 2.22. The average Bonchev–Trinajstić information content (AvgIpc) is 2.18. The van der Waals surface area contributed by atoms with E-state index in [9.17, 15) is 4.79 Å². The van der Waals surface area contributed by atoms with Gasteiger partial charge in [0.15, 0.2) is 0 Å². The van der Waals surface area contributed by atoms with E-state index in [1.807, 2.05) is 6.92 Å². The summed E-state index contributed by atoms with van der Waals surface area (Å²) in [6.07, 6.45) is 3.76. The third-order valence-corrected chi connectivity index (χ3v) is 2.85. The molecule has 0 spiro atoms. The van der Waals surface area contributed by atoms with Gasteiger partial charge in [-0.3, -0.25) is 4.79 Å². The Morgan fingerprint density at radius 1 is 1.56 bits per heavy atom. The van der Waals surface area contributed by atoms with Crippen molar-refractivity contribution < 1.29 is 9.53 Å². The standard InChI is InChI=1S/C11H22N2O2.ClH/c1-3-15-8(2)11(14)13-10-6-4-5-9(12)7-10;/h8-10H,3-7,12H2,1-2H3,(H,13,14);1H. The fraction of sp³-hybridized carbons (Fsp3) is 0.909. The molecular weight excluding hydrogens is 228 g/mol. The van der Waals surface area contributed by atoms with Crippen molar-refractivity contribution in [1.82, 2.24) is 5.32 Å². The van der Waals surface area contributed by atoms with Crippen molar-refractivity contribution in [3.63, 3.8) is 0 Å². The van der Waals surface area contributed by atoms with Crippen LogP contribution < -0.4 is 11.1 Å². The smallest absolute Gasteiger partial charge is 0.249 e. The normalized spacial score (nSPS) is 26.7. The maximum absolute atomic E-state index is 11.6. The van der Waals surface area contributed by atoms with Gasteiger partial charge in [-0.2, -0.15) is 0 Å². The van der Waals surface area contributed by atoms with E-state index in [-0.39, 0.29) is 36.5 Å². The van der Waals surface area contributed by atoms with E-state index in [1.165, 1.54) is 0 Å². The molecule has 1 fully saturated rings. The Balaban J connectivity index is 0.00000225. The molecule has 4 nitrogen and oxygen atoms in total.